The van der Waals surface area contributed by atoms with Crippen LogP contribution in [0.4, 0.5) is 0 Å². The Hall–Kier alpha value is -1.32. The first kappa shape index (κ1) is 31.7. The van der Waals surface area contributed by atoms with Gasteiger partial charge in [-0.3, -0.25) is 9.59 Å². The molecule has 4 heteroatoms. The van der Waals surface area contributed by atoms with E-state index < -0.39 is 11.9 Å². The Bertz CT molecular complexity index is 556. The number of allylic oxidation sites excluding steroid dienone is 2. The number of carboxylic acid groups (broad SMARTS) is 2. The van der Waals surface area contributed by atoms with Crippen LogP contribution in [0.5, 0.6) is 0 Å². The van der Waals surface area contributed by atoms with Gasteiger partial charge in [-0.2, -0.15) is 0 Å². The predicted octanol–water partition coefficient (Wildman–Crippen LogP) is 9.57. The van der Waals surface area contributed by atoms with Crippen LogP contribution in [0, 0.1) is 17.8 Å². The highest BCUT2D eigenvalue weighted by atomic mass is 16.4. The lowest BCUT2D eigenvalue weighted by molar-refractivity contribution is -0.144. The van der Waals surface area contributed by atoms with E-state index in [9.17, 15) is 14.7 Å². The van der Waals surface area contributed by atoms with Crippen LogP contribution in [0.25, 0.3) is 0 Å². The van der Waals surface area contributed by atoms with E-state index in [2.05, 4.69) is 19.1 Å². The van der Waals surface area contributed by atoms with Gasteiger partial charge in [0, 0.05) is 6.42 Å². The zero-order chi connectivity index (χ0) is 25.6. The van der Waals surface area contributed by atoms with Crippen LogP contribution in [0.1, 0.15) is 155 Å². The van der Waals surface area contributed by atoms with Gasteiger partial charge < -0.3 is 10.2 Å². The van der Waals surface area contributed by atoms with E-state index in [0.29, 0.717) is 12.3 Å². The maximum Gasteiger partial charge on any atom is 0.307 e. The lowest BCUT2D eigenvalue weighted by Gasteiger charge is -2.29. The van der Waals surface area contributed by atoms with Gasteiger partial charge in [-0.05, 0) is 37.5 Å². The Morgan fingerprint density at radius 1 is 0.629 bits per heavy atom. The highest BCUT2D eigenvalue weighted by molar-refractivity contribution is 5.71. The van der Waals surface area contributed by atoms with Crippen LogP contribution in [0.3, 0.4) is 0 Å². The Labute approximate surface area is 216 Å². The molecule has 0 heterocycles. The van der Waals surface area contributed by atoms with E-state index in [1.54, 1.807) is 0 Å². The standard InChI is InChI=1S/C31H56O4/c1-2-3-4-19-22-28-25-24-27(26-29(28)31(34)35)21-18-16-14-12-10-8-6-5-7-9-11-13-15-17-20-23-30(32)33/h24-25,27-29H,2-23,26H2,1H3,(H,32,33)(H,34,35). The highest BCUT2D eigenvalue weighted by Crippen LogP contribution is 2.34. The third-order valence-electron chi connectivity index (χ3n) is 7.88. The summed E-state index contributed by atoms with van der Waals surface area (Å²) in [4.78, 5) is 22.3. The Kier molecular flexibility index (Phi) is 19.9. The molecule has 2 N–H and O–H groups in total. The van der Waals surface area contributed by atoms with Crippen molar-refractivity contribution in [2.24, 2.45) is 17.8 Å². The van der Waals surface area contributed by atoms with Crippen LogP contribution in [0.15, 0.2) is 12.2 Å². The van der Waals surface area contributed by atoms with Crippen LogP contribution in [-0.2, 0) is 9.59 Å². The van der Waals surface area contributed by atoms with Crippen molar-refractivity contribution in [1.29, 1.82) is 0 Å². The van der Waals surface area contributed by atoms with Gasteiger partial charge in [0.2, 0.25) is 0 Å². The van der Waals surface area contributed by atoms with Crippen molar-refractivity contribution in [3.63, 3.8) is 0 Å². The summed E-state index contributed by atoms with van der Waals surface area (Å²) >= 11 is 0. The monoisotopic (exact) mass is 492 g/mol. The summed E-state index contributed by atoms with van der Waals surface area (Å²) in [5.74, 6) is -0.717. The van der Waals surface area contributed by atoms with Crippen LogP contribution in [0.2, 0.25) is 0 Å². The smallest absolute Gasteiger partial charge is 0.307 e. The van der Waals surface area contributed by atoms with Crippen LogP contribution >= 0.6 is 0 Å². The molecule has 1 rings (SSSR count). The summed E-state index contributed by atoms with van der Waals surface area (Å²) in [6.07, 6.45) is 31.8. The minimum absolute atomic E-state index is 0.171. The second-order valence-electron chi connectivity index (χ2n) is 11.1. The van der Waals surface area contributed by atoms with Crippen molar-refractivity contribution < 1.29 is 19.8 Å². The summed E-state index contributed by atoms with van der Waals surface area (Å²) in [6.45, 7) is 2.22. The first-order valence-corrected chi connectivity index (χ1v) is 15.2. The third kappa shape index (κ3) is 17.7. The number of unbranched alkanes of at least 4 members (excludes halogenated alkanes) is 17. The molecule has 0 aromatic carbocycles. The molecule has 0 aromatic heterocycles. The molecule has 0 aliphatic heterocycles. The van der Waals surface area contributed by atoms with Gasteiger partial charge in [0.1, 0.15) is 0 Å². The second kappa shape index (κ2) is 21.9. The van der Waals surface area contributed by atoms with Crippen LogP contribution in [-0.4, -0.2) is 22.2 Å². The number of hydrogen-bond acceptors (Lipinski definition) is 2. The quantitative estimate of drug-likeness (QED) is 0.104. The van der Waals surface area contributed by atoms with Gasteiger partial charge in [0.05, 0.1) is 5.92 Å². The Morgan fingerprint density at radius 3 is 1.57 bits per heavy atom. The number of carbonyl (C=O) groups is 2. The van der Waals surface area contributed by atoms with E-state index in [0.717, 1.165) is 38.5 Å². The summed E-state index contributed by atoms with van der Waals surface area (Å²) < 4.78 is 0. The normalized spacial score (nSPS) is 19.7. The molecule has 0 aromatic rings. The Balaban J connectivity index is 1.93. The minimum atomic E-state index is -0.668. The summed E-state index contributed by atoms with van der Waals surface area (Å²) in [5, 5.41) is 18.3. The molecule has 0 radical (unpaired) electrons. The van der Waals surface area contributed by atoms with Crippen molar-refractivity contribution >= 4 is 11.9 Å². The molecule has 204 valence electrons. The summed E-state index contributed by atoms with van der Waals surface area (Å²) in [5.41, 5.74) is 0. The molecule has 3 unspecified atom stereocenters. The van der Waals surface area contributed by atoms with Gasteiger partial charge >= 0.3 is 11.9 Å². The highest BCUT2D eigenvalue weighted by Gasteiger charge is 2.31. The molecule has 0 saturated carbocycles. The fourth-order valence-corrected chi connectivity index (χ4v) is 5.60. The second-order valence-corrected chi connectivity index (χ2v) is 11.1. The lowest BCUT2D eigenvalue weighted by Crippen LogP contribution is -2.28. The number of aliphatic carboxylic acids is 2. The molecule has 4 nitrogen and oxygen atoms in total. The van der Waals surface area contributed by atoms with Gasteiger partial charge in [0.15, 0.2) is 0 Å². The van der Waals surface area contributed by atoms with E-state index >= 15 is 0 Å². The molecular weight excluding hydrogens is 436 g/mol. The molecule has 0 bridgehead atoms. The zero-order valence-corrected chi connectivity index (χ0v) is 22.9. The molecule has 35 heavy (non-hydrogen) atoms. The first-order valence-electron chi connectivity index (χ1n) is 15.2. The fraction of sp³-hybridized carbons (Fsp3) is 0.871. The topological polar surface area (TPSA) is 74.6 Å². The average Bonchev–Trinajstić information content (AvgIpc) is 2.84. The molecular formula is C31H56O4. The molecule has 0 amide bonds. The first-order chi connectivity index (χ1) is 17.0. The Morgan fingerprint density at radius 2 is 1.09 bits per heavy atom. The van der Waals surface area contributed by atoms with E-state index in [-0.39, 0.29) is 11.8 Å². The maximum absolute atomic E-state index is 11.8. The minimum Gasteiger partial charge on any atom is -0.481 e. The van der Waals surface area contributed by atoms with Crippen LogP contribution < -0.4 is 0 Å². The predicted molar refractivity (Wildman–Crippen MR) is 147 cm³/mol. The number of rotatable bonds is 24. The van der Waals surface area contributed by atoms with Crippen molar-refractivity contribution in [1.82, 2.24) is 0 Å². The molecule has 0 fully saturated rings. The molecule has 1 aliphatic rings. The SMILES string of the molecule is CCCCCCC1C=CC(CCCCCCCCCCCCCCCCCC(=O)O)CC1C(=O)O. The fourth-order valence-electron chi connectivity index (χ4n) is 5.60. The average molecular weight is 493 g/mol. The molecule has 0 spiro atoms. The largest absolute Gasteiger partial charge is 0.481 e. The van der Waals surface area contributed by atoms with E-state index in [1.807, 2.05) is 0 Å². The number of hydrogen-bond donors (Lipinski definition) is 2. The van der Waals surface area contributed by atoms with Crippen molar-refractivity contribution in [2.45, 2.75) is 155 Å². The van der Waals surface area contributed by atoms with Gasteiger partial charge in [0.25, 0.3) is 0 Å². The van der Waals surface area contributed by atoms with Crippen molar-refractivity contribution in [3.8, 4) is 0 Å². The van der Waals surface area contributed by atoms with Gasteiger partial charge in [-0.15, -0.1) is 0 Å². The molecule has 3 atom stereocenters. The summed E-state index contributed by atoms with van der Waals surface area (Å²) in [7, 11) is 0. The zero-order valence-electron chi connectivity index (χ0n) is 22.9. The summed E-state index contributed by atoms with van der Waals surface area (Å²) in [6, 6.07) is 0. The van der Waals surface area contributed by atoms with Crippen molar-refractivity contribution in [3.05, 3.63) is 12.2 Å². The number of carboxylic acids is 2. The van der Waals surface area contributed by atoms with Crippen molar-refractivity contribution in [2.75, 3.05) is 0 Å². The molecule has 0 saturated heterocycles. The van der Waals surface area contributed by atoms with Gasteiger partial charge in [-0.1, -0.05) is 135 Å². The molecule has 1 aliphatic carbocycles. The van der Waals surface area contributed by atoms with Gasteiger partial charge in [-0.25, -0.2) is 0 Å². The van der Waals surface area contributed by atoms with E-state index in [4.69, 9.17) is 5.11 Å². The maximum atomic E-state index is 11.8. The third-order valence-corrected chi connectivity index (χ3v) is 7.88. The lowest BCUT2D eigenvalue weighted by atomic mass is 9.75. The van der Waals surface area contributed by atoms with E-state index in [1.165, 1.54) is 103 Å².